The third kappa shape index (κ3) is 3.15. The number of nitrogens with zero attached hydrogens (tertiary/aromatic N) is 2. The Hall–Kier alpha value is -3.09. The Morgan fingerprint density at radius 1 is 1.12 bits per heavy atom. The van der Waals surface area contributed by atoms with Crippen LogP contribution in [0.2, 0.25) is 0 Å². The van der Waals surface area contributed by atoms with E-state index in [0.29, 0.717) is 11.0 Å². The second kappa shape index (κ2) is 6.57. The molecule has 1 aromatic heterocycles. The molecule has 0 unspecified atom stereocenters. The molecular weight excluding hydrogens is 316 g/mol. The van der Waals surface area contributed by atoms with Crippen LogP contribution in [0.25, 0.3) is 11.0 Å². The van der Waals surface area contributed by atoms with E-state index < -0.39 is 17.6 Å². The van der Waals surface area contributed by atoms with Crippen LogP contribution in [0.4, 0.5) is 20.3 Å². The van der Waals surface area contributed by atoms with Gasteiger partial charge in [-0.3, -0.25) is 0 Å². The average Bonchev–Trinajstić information content (AvgIpc) is 2.57. The zero-order valence-electron chi connectivity index (χ0n) is 12.7. The van der Waals surface area contributed by atoms with Crippen LogP contribution in [-0.2, 0) is 4.74 Å². The van der Waals surface area contributed by atoms with Crippen molar-refractivity contribution < 1.29 is 18.3 Å². The van der Waals surface area contributed by atoms with E-state index in [2.05, 4.69) is 15.3 Å². The Balaban J connectivity index is 2.09. The lowest BCUT2D eigenvalue weighted by atomic mass is 10.2. The lowest BCUT2D eigenvalue weighted by molar-refractivity contribution is 0.0521. The average molecular weight is 329 g/mol. The van der Waals surface area contributed by atoms with Gasteiger partial charge in [-0.25, -0.2) is 23.5 Å². The number of anilines is 2. The molecule has 0 fully saturated rings. The Kier molecular flexibility index (Phi) is 4.33. The molecule has 0 atom stereocenters. The molecule has 0 spiro atoms. The third-order valence-corrected chi connectivity index (χ3v) is 3.22. The highest BCUT2D eigenvalue weighted by molar-refractivity contribution is 5.96. The van der Waals surface area contributed by atoms with Crippen LogP contribution in [-0.4, -0.2) is 22.5 Å². The number of benzene rings is 2. The molecule has 7 heteroatoms. The van der Waals surface area contributed by atoms with Gasteiger partial charge in [0.25, 0.3) is 0 Å². The number of hydrogen-bond donors (Lipinski definition) is 1. The largest absolute Gasteiger partial charge is 0.461 e. The fraction of sp³-hybridized carbons (Fsp3) is 0.118. The van der Waals surface area contributed by atoms with Crippen LogP contribution < -0.4 is 5.32 Å². The minimum Gasteiger partial charge on any atom is -0.461 e. The first kappa shape index (κ1) is 15.8. The standard InChI is InChI=1S/C17H13F2N3O2/c1-2-24-17(23)15-16(21-12-8-7-10(18)9-11(12)19)22-14-6-4-3-5-13(14)20-15/h3-9H,2H2,1H3,(H,21,22). The first-order chi connectivity index (χ1) is 11.6. The number of aromatic nitrogens is 2. The zero-order valence-corrected chi connectivity index (χ0v) is 12.7. The normalized spacial score (nSPS) is 10.6. The van der Waals surface area contributed by atoms with E-state index in [9.17, 15) is 13.6 Å². The topological polar surface area (TPSA) is 64.1 Å². The summed E-state index contributed by atoms with van der Waals surface area (Å²) in [6.07, 6.45) is 0. The third-order valence-electron chi connectivity index (χ3n) is 3.22. The number of halogens is 2. The fourth-order valence-corrected chi connectivity index (χ4v) is 2.15. The number of ether oxygens (including phenoxy) is 1. The molecule has 0 amide bonds. The summed E-state index contributed by atoms with van der Waals surface area (Å²) in [7, 11) is 0. The van der Waals surface area contributed by atoms with Gasteiger partial charge >= 0.3 is 5.97 Å². The van der Waals surface area contributed by atoms with E-state index in [1.54, 1.807) is 31.2 Å². The van der Waals surface area contributed by atoms with Gasteiger partial charge in [-0.05, 0) is 31.2 Å². The molecule has 5 nitrogen and oxygen atoms in total. The smallest absolute Gasteiger partial charge is 0.360 e. The number of fused-ring (bicyclic) bond motifs is 1. The van der Waals surface area contributed by atoms with Crippen molar-refractivity contribution in [3.63, 3.8) is 0 Å². The maximum absolute atomic E-state index is 13.9. The molecule has 1 N–H and O–H groups in total. The van der Waals surface area contributed by atoms with Crippen molar-refractivity contribution in [2.24, 2.45) is 0 Å². The highest BCUT2D eigenvalue weighted by Gasteiger charge is 2.19. The summed E-state index contributed by atoms with van der Waals surface area (Å²) in [5, 5.41) is 2.68. The minimum atomic E-state index is -0.806. The quantitative estimate of drug-likeness (QED) is 0.737. The molecule has 122 valence electrons. The zero-order chi connectivity index (χ0) is 17.1. The van der Waals surface area contributed by atoms with Crippen molar-refractivity contribution >= 4 is 28.5 Å². The first-order valence-corrected chi connectivity index (χ1v) is 7.24. The minimum absolute atomic E-state index is 0.0217. The Morgan fingerprint density at radius 3 is 2.50 bits per heavy atom. The summed E-state index contributed by atoms with van der Waals surface area (Å²) in [6.45, 7) is 1.83. The molecular formula is C17H13F2N3O2. The summed E-state index contributed by atoms with van der Waals surface area (Å²) < 4.78 is 31.9. The van der Waals surface area contributed by atoms with Crippen molar-refractivity contribution in [1.29, 1.82) is 0 Å². The van der Waals surface area contributed by atoms with Gasteiger partial charge in [0.2, 0.25) is 0 Å². The highest BCUT2D eigenvalue weighted by atomic mass is 19.1. The van der Waals surface area contributed by atoms with Crippen molar-refractivity contribution in [2.45, 2.75) is 6.92 Å². The Labute approximate surface area is 136 Å². The van der Waals surface area contributed by atoms with Crippen LogP contribution in [0.1, 0.15) is 17.4 Å². The predicted octanol–water partition coefficient (Wildman–Crippen LogP) is 3.83. The maximum atomic E-state index is 13.9. The molecule has 2 aromatic carbocycles. The van der Waals surface area contributed by atoms with E-state index in [0.717, 1.165) is 12.1 Å². The van der Waals surface area contributed by atoms with Gasteiger partial charge in [-0.2, -0.15) is 0 Å². The Morgan fingerprint density at radius 2 is 1.83 bits per heavy atom. The molecule has 0 aliphatic heterocycles. The SMILES string of the molecule is CCOC(=O)c1nc2ccccc2nc1Nc1ccc(F)cc1F. The molecule has 3 rings (SSSR count). The van der Waals surface area contributed by atoms with Gasteiger partial charge in [-0.15, -0.1) is 0 Å². The molecule has 0 saturated heterocycles. The summed E-state index contributed by atoms with van der Waals surface area (Å²) >= 11 is 0. The van der Waals surface area contributed by atoms with Gasteiger partial charge < -0.3 is 10.1 Å². The number of carbonyl (C=O) groups is 1. The number of hydrogen-bond acceptors (Lipinski definition) is 5. The second-order valence-corrected chi connectivity index (χ2v) is 4.88. The fourth-order valence-electron chi connectivity index (χ4n) is 2.15. The lowest BCUT2D eigenvalue weighted by Gasteiger charge is -2.11. The van der Waals surface area contributed by atoms with Crippen molar-refractivity contribution in [3.8, 4) is 0 Å². The number of para-hydroxylation sites is 2. The number of nitrogens with one attached hydrogen (secondary N) is 1. The second-order valence-electron chi connectivity index (χ2n) is 4.88. The molecule has 0 aliphatic carbocycles. The van der Waals surface area contributed by atoms with E-state index >= 15 is 0 Å². The van der Waals surface area contributed by atoms with Crippen molar-refractivity contribution in [3.05, 3.63) is 59.8 Å². The van der Waals surface area contributed by atoms with Crippen LogP contribution in [0, 0.1) is 11.6 Å². The van der Waals surface area contributed by atoms with Crippen LogP contribution >= 0.6 is 0 Å². The summed E-state index contributed by atoms with van der Waals surface area (Å²) in [5.74, 6) is -2.15. The van der Waals surface area contributed by atoms with Gasteiger partial charge in [0, 0.05) is 6.07 Å². The monoisotopic (exact) mass is 329 g/mol. The molecule has 24 heavy (non-hydrogen) atoms. The first-order valence-electron chi connectivity index (χ1n) is 7.24. The van der Waals surface area contributed by atoms with Gasteiger partial charge in [0.05, 0.1) is 23.3 Å². The molecule has 0 bridgehead atoms. The molecule has 0 radical (unpaired) electrons. The summed E-state index contributed by atoms with van der Waals surface area (Å²) in [5.41, 5.74) is 0.937. The Bertz CT molecular complexity index is 915. The van der Waals surface area contributed by atoms with Gasteiger partial charge in [-0.1, -0.05) is 12.1 Å². The van der Waals surface area contributed by atoms with Gasteiger partial charge in [0.1, 0.15) is 11.6 Å². The summed E-state index contributed by atoms with van der Waals surface area (Å²) in [6, 6.07) is 10.0. The molecule has 0 aliphatic rings. The van der Waals surface area contributed by atoms with Crippen LogP contribution in [0.15, 0.2) is 42.5 Å². The summed E-state index contributed by atoms with van der Waals surface area (Å²) in [4.78, 5) is 20.7. The maximum Gasteiger partial charge on any atom is 0.360 e. The number of rotatable bonds is 4. The van der Waals surface area contributed by atoms with Crippen molar-refractivity contribution in [2.75, 3.05) is 11.9 Å². The number of carbonyl (C=O) groups excluding carboxylic acids is 1. The lowest BCUT2D eigenvalue weighted by Crippen LogP contribution is -2.12. The van der Waals surface area contributed by atoms with E-state index in [-0.39, 0.29) is 23.8 Å². The molecule has 1 heterocycles. The predicted molar refractivity (Wildman–Crippen MR) is 85.1 cm³/mol. The number of esters is 1. The van der Waals surface area contributed by atoms with Crippen LogP contribution in [0.5, 0.6) is 0 Å². The molecule has 0 saturated carbocycles. The van der Waals surface area contributed by atoms with E-state index in [1.807, 2.05) is 0 Å². The highest BCUT2D eigenvalue weighted by Crippen LogP contribution is 2.24. The van der Waals surface area contributed by atoms with Gasteiger partial charge in [0.15, 0.2) is 11.5 Å². The van der Waals surface area contributed by atoms with Crippen molar-refractivity contribution in [1.82, 2.24) is 9.97 Å². The van der Waals surface area contributed by atoms with E-state index in [4.69, 9.17) is 4.74 Å². The van der Waals surface area contributed by atoms with E-state index in [1.165, 1.54) is 6.07 Å². The van der Waals surface area contributed by atoms with Crippen LogP contribution in [0.3, 0.4) is 0 Å². The molecule has 3 aromatic rings.